The molecular weight excluding hydrogens is 409 g/mol. The molecule has 8 nitrogen and oxygen atoms in total. The van der Waals surface area contributed by atoms with Gasteiger partial charge in [0.15, 0.2) is 0 Å². The molecule has 1 aliphatic heterocycles. The number of hydrogen-bond acceptors (Lipinski definition) is 6. The maximum absolute atomic E-state index is 12.7. The van der Waals surface area contributed by atoms with Gasteiger partial charge in [-0.2, -0.15) is 0 Å². The van der Waals surface area contributed by atoms with Crippen molar-refractivity contribution in [1.82, 2.24) is 15.6 Å². The molecule has 32 heavy (non-hydrogen) atoms. The second-order valence-electron chi connectivity index (χ2n) is 7.55. The highest BCUT2D eigenvalue weighted by molar-refractivity contribution is 6.47. The Morgan fingerprint density at radius 1 is 1.06 bits per heavy atom. The fourth-order valence-electron chi connectivity index (χ4n) is 3.60. The first-order valence-corrected chi connectivity index (χ1v) is 10.2. The molecule has 0 aliphatic carbocycles. The van der Waals surface area contributed by atoms with Crippen LogP contribution in [-0.4, -0.2) is 40.1 Å². The molecule has 2 heterocycles. The number of rotatable bonds is 7. The van der Waals surface area contributed by atoms with Gasteiger partial charge in [-0.25, -0.2) is 4.79 Å². The van der Waals surface area contributed by atoms with Crippen LogP contribution in [0.4, 0.5) is 0 Å². The van der Waals surface area contributed by atoms with E-state index in [9.17, 15) is 19.7 Å². The van der Waals surface area contributed by atoms with E-state index in [1.165, 1.54) is 6.07 Å². The molecule has 4 N–H and O–H groups in total. The van der Waals surface area contributed by atoms with Gasteiger partial charge in [-0.15, -0.1) is 0 Å². The number of carbonyl (C=O) groups is 2. The van der Waals surface area contributed by atoms with Crippen molar-refractivity contribution in [3.8, 4) is 5.75 Å². The summed E-state index contributed by atoms with van der Waals surface area (Å²) in [6.07, 6.45) is 3.81. The predicted octanol–water partition coefficient (Wildman–Crippen LogP) is 1.82. The van der Waals surface area contributed by atoms with Gasteiger partial charge in [0.1, 0.15) is 5.75 Å². The topological polar surface area (TPSA) is 121 Å². The van der Waals surface area contributed by atoms with Crippen molar-refractivity contribution in [3.63, 3.8) is 0 Å². The molecule has 1 amide bonds. The Morgan fingerprint density at radius 2 is 1.84 bits per heavy atom. The van der Waals surface area contributed by atoms with E-state index in [2.05, 4.69) is 15.6 Å². The molecule has 4 rings (SSSR count). The van der Waals surface area contributed by atoms with Gasteiger partial charge in [0.25, 0.3) is 5.91 Å². The molecule has 1 aromatic heterocycles. The van der Waals surface area contributed by atoms with E-state index >= 15 is 0 Å². The fraction of sp³-hybridized carbons (Fsp3) is 0.174. The van der Waals surface area contributed by atoms with Crippen molar-refractivity contribution < 1.29 is 24.4 Å². The fourth-order valence-corrected chi connectivity index (χ4v) is 3.60. The Bertz CT molecular complexity index is 1110. The van der Waals surface area contributed by atoms with E-state index in [4.69, 9.17) is 4.65 Å². The number of para-hydroxylation sites is 1. The number of pyridine rings is 1. The number of hydrogen-bond donors (Lipinski definition) is 4. The van der Waals surface area contributed by atoms with Crippen molar-refractivity contribution in [2.24, 2.45) is 0 Å². The second-order valence-corrected chi connectivity index (χ2v) is 7.55. The zero-order valence-electron chi connectivity index (χ0n) is 17.2. The molecule has 0 fully saturated rings. The van der Waals surface area contributed by atoms with Crippen LogP contribution in [0.3, 0.4) is 0 Å². The van der Waals surface area contributed by atoms with Gasteiger partial charge in [0.05, 0.1) is 11.5 Å². The van der Waals surface area contributed by atoms with Gasteiger partial charge in [-0.3, -0.25) is 9.78 Å². The van der Waals surface area contributed by atoms with E-state index in [0.717, 1.165) is 11.1 Å². The molecule has 0 saturated heterocycles. The van der Waals surface area contributed by atoms with Crippen molar-refractivity contribution in [3.05, 3.63) is 94.8 Å². The molecule has 0 saturated carbocycles. The molecule has 1 atom stereocenters. The number of nitrogens with one attached hydrogen (secondary N) is 2. The standard InChI is InChI=1S/C23H22BN3O5/c28-22(17-8-6-15(7-9-17)12-26-14-16-3-2-10-25-13-16)27-20-11-18-4-1-5-19(23(29)30)21(18)32-24(20)31/h1-10,13,20,26,31H,11-12,14H2,(H,27,28)(H,29,30). The smallest absolute Gasteiger partial charge is 0.534 e. The lowest BCUT2D eigenvalue weighted by Crippen LogP contribution is -2.53. The first-order valence-electron chi connectivity index (χ1n) is 10.2. The van der Waals surface area contributed by atoms with E-state index in [1.807, 2.05) is 30.5 Å². The number of carbonyl (C=O) groups excluding carboxylic acids is 1. The Balaban J connectivity index is 1.34. The SMILES string of the molecule is O=C(NC1Cc2cccc(C(=O)O)c2OB1O)c1ccc(CNCc2cccnc2)cc1. The molecular formula is C23H22BN3O5. The van der Waals surface area contributed by atoms with E-state index in [-0.39, 0.29) is 23.6 Å². The molecule has 2 aromatic carbocycles. The molecule has 162 valence electrons. The lowest BCUT2D eigenvalue weighted by atomic mass is 9.72. The molecule has 1 aliphatic rings. The van der Waals surface area contributed by atoms with Gasteiger partial charge in [-0.1, -0.05) is 30.3 Å². The van der Waals surface area contributed by atoms with E-state index < -0.39 is 19.0 Å². The zero-order valence-corrected chi connectivity index (χ0v) is 17.2. The summed E-state index contributed by atoms with van der Waals surface area (Å²) >= 11 is 0. The normalized spacial score (nSPS) is 14.9. The summed E-state index contributed by atoms with van der Waals surface area (Å²) in [5, 5.41) is 25.7. The summed E-state index contributed by atoms with van der Waals surface area (Å²) in [7, 11) is -1.34. The van der Waals surface area contributed by atoms with Crippen molar-refractivity contribution in [2.45, 2.75) is 25.5 Å². The third kappa shape index (κ3) is 4.96. The Morgan fingerprint density at radius 3 is 2.56 bits per heavy atom. The van der Waals surface area contributed by atoms with Crippen LogP contribution in [0, 0.1) is 0 Å². The zero-order chi connectivity index (χ0) is 22.5. The summed E-state index contributed by atoms with van der Waals surface area (Å²) in [6, 6.07) is 15.8. The van der Waals surface area contributed by atoms with Crippen LogP contribution >= 0.6 is 0 Å². The van der Waals surface area contributed by atoms with E-state index in [1.54, 1.807) is 30.5 Å². The van der Waals surface area contributed by atoms with Gasteiger partial charge in [-0.05, 0) is 47.4 Å². The van der Waals surface area contributed by atoms with Crippen molar-refractivity contribution >= 4 is 19.0 Å². The number of amides is 1. The number of benzene rings is 2. The van der Waals surface area contributed by atoms with Crippen LogP contribution in [-0.2, 0) is 19.5 Å². The molecule has 3 aromatic rings. The first-order chi connectivity index (χ1) is 15.5. The molecule has 9 heteroatoms. The minimum atomic E-state index is -1.34. The number of aromatic nitrogens is 1. The molecule has 0 bridgehead atoms. The lowest BCUT2D eigenvalue weighted by molar-refractivity contribution is 0.0693. The van der Waals surface area contributed by atoms with E-state index in [0.29, 0.717) is 24.2 Å². The number of nitrogens with zero attached hydrogens (tertiary/aromatic N) is 1. The van der Waals surface area contributed by atoms with Crippen LogP contribution in [0.1, 0.15) is 37.4 Å². The molecule has 1 unspecified atom stereocenters. The van der Waals surface area contributed by atoms with Crippen molar-refractivity contribution in [1.29, 1.82) is 0 Å². The minimum absolute atomic E-state index is 0.0148. The van der Waals surface area contributed by atoms with Gasteiger partial charge in [0.2, 0.25) is 0 Å². The number of aromatic carboxylic acids is 1. The Kier molecular flexibility index (Phi) is 6.48. The third-order valence-corrected chi connectivity index (χ3v) is 5.26. The summed E-state index contributed by atoms with van der Waals surface area (Å²) in [4.78, 5) is 28.1. The quantitative estimate of drug-likeness (QED) is 0.421. The second kappa shape index (κ2) is 9.63. The largest absolute Gasteiger partial charge is 0.547 e. The third-order valence-electron chi connectivity index (χ3n) is 5.26. The van der Waals surface area contributed by atoms with Gasteiger partial charge < -0.3 is 25.4 Å². The van der Waals surface area contributed by atoms with Crippen LogP contribution in [0.5, 0.6) is 5.75 Å². The maximum atomic E-state index is 12.7. The van der Waals surface area contributed by atoms with Crippen LogP contribution in [0.15, 0.2) is 67.0 Å². The van der Waals surface area contributed by atoms with Gasteiger partial charge >= 0.3 is 13.1 Å². The minimum Gasteiger partial charge on any atom is -0.534 e. The number of carboxylic acid groups (broad SMARTS) is 1. The average Bonchev–Trinajstić information content (AvgIpc) is 2.80. The van der Waals surface area contributed by atoms with Crippen LogP contribution in [0.2, 0.25) is 0 Å². The van der Waals surface area contributed by atoms with Crippen LogP contribution in [0.25, 0.3) is 0 Å². The highest BCUT2D eigenvalue weighted by Gasteiger charge is 2.37. The maximum Gasteiger partial charge on any atom is 0.547 e. The molecule has 0 radical (unpaired) electrons. The average molecular weight is 431 g/mol. The van der Waals surface area contributed by atoms with Crippen LogP contribution < -0.4 is 15.3 Å². The summed E-state index contributed by atoms with van der Waals surface area (Å²) in [5.74, 6) is -2.03. The summed E-state index contributed by atoms with van der Waals surface area (Å²) < 4.78 is 5.42. The Labute approximate surface area is 185 Å². The van der Waals surface area contributed by atoms with Crippen molar-refractivity contribution in [2.75, 3.05) is 0 Å². The highest BCUT2D eigenvalue weighted by Crippen LogP contribution is 2.30. The highest BCUT2D eigenvalue weighted by atomic mass is 16.5. The Hall–Kier alpha value is -3.69. The molecule has 0 spiro atoms. The first kappa shape index (κ1) is 21.5. The summed E-state index contributed by atoms with van der Waals surface area (Å²) in [6.45, 7) is 1.34. The summed E-state index contributed by atoms with van der Waals surface area (Å²) in [5.41, 5.74) is 3.18. The van der Waals surface area contributed by atoms with Gasteiger partial charge in [0, 0.05) is 31.0 Å². The monoisotopic (exact) mass is 431 g/mol. The predicted molar refractivity (Wildman–Crippen MR) is 118 cm³/mol. The number of fused-ring (bicyclic) bond motifs is 1. The lowest BCUT2D eigenvalue weighted by Gasteiger charge is -2.28. The number of carboxylic acids is 1.